The Morgan fingerprint density at radius 1 is 0.935 bits per heavy atom. The Kier molecular flexibility index (Phi) is 6.21. The Labute approximate surface area is 180 Å². The van der Waals surface area contributed by atoms with E-state index in [1.54, 1.807) is 30.2 Å². The SMILES string of the molecule is COc1ccc(-c2ccc(N3CCN(C(=O)/C=C/c4ccc(F)cc4)CC3)nn2)cc1. The summed E-state index contributed by atoms with van der Waals surface area (Å²) >= 11 is 0. The van der Waals surface area contributed by atoms with Gasteiger partial charge in [0, 0.05) is 37.8 Å². The van der Waals surface area contributed by atoms with Gasteiger partial charge in [-0.25, -0.2) is 4.39 Å². The highest BCUT2D eigenvalue weighted by Gasteiger charge is 2.20. The van der Waals surface area contributed by atoms with Gasteiger partial charge in [0.05, 0.1) is 12.8 Å². The zero-order valence-corrected chi connectivity index (χ0v) is 17.2. The smallest absolute Gasteiger partial charge is 0.246 e. The Balaban J connectivity index is 1.32. The molecule has 1 aliphatic rings. The van der Waals surface area contributed by atoms with E-state index in [-0.39, 0.29) is 11.7 Å². The molecule has 0 radical (unpaired) electrons. The number of rotatable bonds is 5. The normalized spacial score (nSPS) is 14.1. The van der Waals surface area contributed by atoms with Crippen LogP contribution in [0.15, 0.2) is 66.7 Å². The van der Waals surface area contributed by atoms with Crippen molar-refractivity contribution >= 4 is 17.8 Å². The molecule has 0 N–H and O–H groups in total. The zero-order valence-electron chi connectivity index (χ0n) is 17.2. The van der Waals surface area contributed by atoms with Crippen LogP contribution in [0.1, 0.15) is 5.56 Å². The van der Waals surface area contributed by atoms with Crippen LogP contribution in [0.3, 0.4) is 0 Å². The number of carbonyl (C=O) groups is 1. The summed E-state index contributed by atoms with van der Waals surface area (Å²) in [7, 11) is 1.64. The first kappa shape index (κ1) is 20.5. The minimum absolute atomic E-state index is 0.0510. The van der Waals surface area contributed by atoms with Gasteiger partial charge in [-0.05, 0) is 60.2 Å². The zero-order chi connectivity index (χ0) is 21.6. The Hall–Kier alpha value is -3.74. The van der Waals surface area contributed by atoms with Crippen molar-refractivity contribution in [3.63, 3.8) is 0 Å². The van der Waals surface area contributed by atoms with E-state index in [4.69, 9.17) is 4.74 Å². The molecule has 158 valence electrons. The average Bonchev–Trinajstić information content (AvgIpc) is 2.84. The van der Waals surface area contributed by atoms with Crippen molar-refractivity contribution in [3.05, 3.63) is 78.1 Å². The van der Waals surface area contributed by atoms with Crippen LogP contribution in [0.4, 0.5) is 10.2 Å². The molecule has 3 aromatic rings. The number of methoxy groups -OCH3 is 1. The Morgan fingerprint density at radius 3 is 2.26 bits per heavy atom. The molecule has 7 heteroatoms. The van der Waals surface area contributed by atoms with Crippen molar-refractivity contribution in [2.24, 2.45) is 0 Å². The fourth-order valence-electron chi connectivity index (χ4n) is 3.41. The summed E-state index contributed by atoms with van der Waals surface area (Å²) < 4.78 is 18.2. The number of hydrogen-bond donors (Lipinski definition) is 0. The highest BCUT2D eigenvalue weighted by atomic mass is 19.1. The molecular weight excluding hydrogens is 395 g/mol. The van der Waals surface area contributed by atoms with E-state index in [1.807, 2.05) is 36.4 Å². The summed E-state index contributed by atoms with van der Waals surface area (Å²) in [5.74, 6) is 1.25. The fraction of sp³-hybridized carbons (Fsp3) is 0.208. The number of ether oxygens (including phenoxy) is 1. The van der Waals surface area contributed by atoms with Crippen molar-refractivity contribution in [3.8, 4) is 17.0 Å². The topological polar surface area (TPSA) is 58.6 Å². The molecule has 6 nitrogen and oxygen atoms in total. The third-order valence-corrected chi connectivity index (χ3v) is 5.24. The molecule has 1 amide bonds. The van der Waals surface area contributed by atoms with E-state index < -0.39 is 0 Å². The van der Waals surface area contributed by atoms with Crippen molar-refractivity contribution in [2.45, 2.75) is 0 Å². The number of anilines is 1. The summed E-state index contributed by atoms with van der Waals surface area (Å²) in [5.41, 5.74) is 2.56. The van der Waals surface area contributed by atoms with Gasteiger partial charge in [-0.1, -0.05) is 12.1 Å². The van der Waals surface area contributed by atoms with Gasteiger partial charge in [0.15, 0.2) is 5.82 Å². The number of hydrogen-bond acceptors (Lipinski definition) is 5. The van der Waals surface area contributed by atoms with Crippen LogP contribution in [0.25, 0.3) is 17.3 Å². The van der Waals surface area contributed by atoms with Crippen LogP contribution in [0, 0.1) is 5.82 Å². The van der Waals surface area contributed by atoms with Crippen LogP contribution < -0.4 is 9.64 Å². The van der Waals surface area contributed by atoms with Gasteiger partial charge in [-0.2, -0.15) is 0 Å². The van der Waals surface area contributed by atoms with Gasteiger partial charge in [-0.15, -0.1) is 10.2 Å². The number of amides is 1. The second-order valence-electron chi connectivity index (χ2n) is 7.20. The second kappa shape index (κ2) is 9.38. The molecule has 1 fully saturated rings. The fourth-order valence-corrected chi connectivity index (χ4v) is 3.41. The minimum Gasteiger partial charge on any atom is -0.497 e. The number of halogens is 1. The largest absolute Gasteiger partial charge is 0.497 e. The molecule has 1 aromatic heterocycles. The first-order valence-corrected chi connectivity index (χ1v) is 10.1. The molecule has 0 aliphatic carbocycles. The highest BCUT2D eigenvalue weighted by Crippen LogP contribution is 2.22. The van der Waals surface area contributed by atoms with Crippen LogP contribution in [-0.2, 0) is 4.79 Å². The van der Waals surface area contributed by atoms with Crippen LogP contribution in [0.5, 0.6) is 5.75 Å². The summed E-state index contributed by atoms with van der Waals surface area (Å²) in [6.07, 6.45) is 3.24. The predicted molar refractivity (Wildman–Crippen MR) is 118 cm³/mol. The van der Waals surface area contributed by atoms with Gasteiger partial charge < -0.3 is 14.5 Å². The summed E-state index contributed by atoms with van der Waals surface area (Å²) in [6.45, 7) is 2.59. The van der Waals surface area contributed by atoms with Crippen LogP contribution >= 0.6 is 0 Å². The molecule has 1 aliphatic heterocycles. The third-order valence-electron chi connectivity index (χ3n) is 5.24. The van der Waals surface area contributed by atoms with E-state index in [0.717, 1.165) is 28.4 Å². The first-order chi connectivity index (χ1) is 15.1. The van der Waals surface area contributed by atoms with E-state index in [2.05, 4.69) is 15.1 Å². The molecule has 0 bridgehead atoms. The van der Waals surface area contributed by atoms with Gasteiger partial charge in [0.25, 0.3) is 0 Å². The van der Waals surface area contributed by atoms with E-state index in [1.165, 1.54) is 18.2 Å². The molecule has 2 aromatic carbocycles. The van der Waals surface area contributed by atoms with E-state index >= 15 is 0 Å². The second-order valence-corrected chi connectivity index (χ2v) is 7.20. The number of nitrogens with zero attached hydrogens (tertiary/aromatic N) is 4. The number of piperazine rings is 1. The number of carbonyl (C=O) groups excluding carboxylic acids is 1. The minimum atomic E-state index is -0.292. The lowest BCUT2D eigenvalue weighted by Crippen LogP contribution is -2.48. The molecule has 31 heavy (non-hydrogen) atoms. The summed E-state index contributed by atoms with van der Waals surface area (Å²) in [6, 6.07) is 17.6. The maximum Gasteiger partial charge on any atom is 0.246 e. The summed E-state index contributed by atoms with van der Waals surface area (Å²) in [5, 5.41) is 8.72. The van der Waals surface area contributed by atoms with Crippen molar-refractivity contribution in [2.75, 3.05) is 38.2 Å². The molecule has 0 spiro atoms. The summed E-state index contributed by atoms with van der Waals surface area (Å²) in [4.78, 5) is 16.4. The highest BCUT2D eigenvalue weighted by molar-refractivity contribution is 5.92. The van der Waals surface area contributed by atoms with Crippen LogP contribution in [0.2, 0.25) is 0 Å². The van der Waals surface area contributed by atoms with Crippen molar-refractivity contribution < 1.29 is 13.9 Å². The molecule has 0 saturated carbocycles. The molecule has 2 heterocycles. The Morgan fingerprint density at radius 2 is 1.65 bits per heavy atom. The predicted octanol–water partition coefficient (Wildman–Crippen LogP) is 3.65. The van der Waals surface area contributed by atoms with Gasteiger partial charge in [0.1, 0.15) is 11.6 Å². The number of aromatic nitrogens is 2. The Bertz CT molecular complexity index is 1040. The van der Waals surface area contributed by atoms with E-state index in [0.29, 0.717) is 26.2 Å². The van der Waals surface area contributed by atoms with Crippen molar-refractivity contribution in [1.82, 2.24) is 15.1 Å². The lowest BCUT2D eigenvalue weighted by atomic mass is 10.1. The van der Waals surface area contributed by atoms with Crippen molar-refractivity contribution in [1.29, 1.82) is 0 Å². The van der Waals surface area contributed by atoms with E-state index in [9.17, 15) is 9.18 Å². The maximum absolute atomic E-state index is 13.0. The van der Waals surface area contributed by atoms with Gasteiger partial charge in [-0.3, -0.25) is 4.79 Å². The average molecular weight is 418 g/mol. The molecular formula is C24H23FN4O2. The molecule has 1 saturated heterocycles. The maximum atomic E-state index is 13.0. The monoisotopic (exact) mass is 418 g/mol. The van der Waals surface area contributed by atoms with Gasteiger partial charge >= 0.3 is 0 Å². The third kappa shape index (κ3) is 5.06. The first-order valence-electron chi connectivity index (χ1n) is 10.1. The quantitative estimate of drug-likeness (QED) is 0.592. The number of benzene rings is 2. The van der Waals surface area contributed by atoms with Gasteiger partial charge in [0.2, 0.25) is 5.91 Å². The lowest BCUT2D eigenvalue weighted by Gasteiger charge is -2.34. The molecule has 0 unspecified atom stereocenters. The lowest BCUT2D eigenvalue weighted by molar-refractivity contribution is -0.126. The standard InChI is InChI=1S/C24H23FN4O2/c1-31-21-9-5-19(6-10-21)22-11-12-23(27-26-22)28-14-16-29(17-15-28)24(30)13-4-18-2-7-20(25)8-3-18/h2-13H,14-17H2,1H3/b13-4+. The van der Waals surface area contributed by atoms with Crippen LogP contribution in [-0.4, -0.2) is 54.3 Å². The molecule has 4 rings (SSSR count). The molecule has 0 atom stereocenters.